The lowest BCUT2D eigenvalue weighted by Gasteiger charge is -2.56. The molecular weight excluding hydrogens is 608 g/mol. The average molecular weight is 655 g/mol. The summed E-state index contributed by atoms with van der Waals surface area (Å²) >= 11 is 0. The van der Waals surface area contributed by atoms with Crippen molar-refractivity contribution >= 4 is 0 Å². The van der Waals surface area contributed by atoms with E-state index in [0.29, 0.717) is 31.8 Å². The zero-order valence-electron chi connectivity index (χ0n) is 28.0. The maximum absolute atomic E-state index is 10.9. The zero-order chi connectivity index (χ0) is 33.6. The Labute approximate surface area is 283 Å². The van der Waals surface area contributed by atoms with Crippen LogP contribution in [0.4, 0.5) is 0 Å². The lowest BCUT2D eigenvalue weighted by atomic mass is 9.75. The highest BCUT2D eigenvalue weighted by molar-refractivity contribution is 5.46. The first-order chi connectivity index (χ1) is 23.4. The van der Waals surface area contributed by atoms with Crippen LogP contribution in [0.5, 0.6) is 11.5 Å². The molecule has 0 saturated carbocycles. The van der Waals surface area contributed by atoms with Gasteiger partial charge in [0.05, 0.1) is 32.5 Å². The minimum absolute atomic E-state index is 0.278. The monoisotopic (exact) mass is 654 g/mol. The molecule has 0 amide bonds. The molecule has 1 unspecified atom stereocenters. The first-order valence-electron chi connectivity index (χ1n) is 16.7. The molecule has 6 rings (SSSR count). The first kappa shape index (κ1) is 34.1. The van der Waals surface area contributed by atoms with E-state index in [0.717, 1.165) is 40.2 Å². The van der Waals surface area contributed by atoms with Crippen molar-refractivity contribution in [3.63, 3.8) is 0 Å². The van der Waals surface area contributed by atoms with Crippen molar-refractivity contribution in [3.8, 4) is 11.5 Å². The Bertz CT molecular complexity index is 1620. The van der Waals surface area contributed by atoms with Crippen molar-refractivity contribution in [1.82, 2.24) is 0 Å². The van der Waals surface area contributed by atoms with Crippen LogP contribution in [-0.4, -0.2) is 61.6 Å². The van der Waals surface area contributed by atoms with Gasteiger partial charge in [-0.3, -0.25) is 0 Å². The Kier molecular flexibility index (Phi) is 10.8. The van der Waals surface area contributed by atoms with Gasteiger partial charge in [0, 0.05) is 18.6 Å². The highest BCUT2D eigenvalue weighted by Gasteiger charge is 2.62. The number of ether oxygens (including phenoxy) is 6. The number of aryl methyl sites for hydroxylation is 1. The fourth-order valence-electron chi connectivity index (χ4n) is 6.87. The second-order valence-electron chi connectivity index (χ2n) is 12.6. The van der Waals surface area contributed by atoms with E-state index in [2.05, 4.69) is 25.1 Å². The summed E-state index contributed by atoms with van der Waals surface area (Å²) in [6, 6.07) is 32.1. The SMILES string of the molecule is CCc1ccc(C2(OC)OC(CO)(CO)[C@@H](C)[C@H](OCc3ccccc3)[C@H]2OCc2ccccc2)cc1Cc1ccc2c(c1)OCCO2. The molecule has 0 aromatic heterocycles. The number of fused-ring (bicyclic) bond motifs is 1. The second-order valence-corrected chi connectivity index (χ2v) is 12.6. The van der Waals surface area contributed by atoms with Gasteiger partial charge in [-0.05, 0) is 58.9 Å². The van der Waals surface area contributed by atoms with Gasteiger partial charge in [-0.25, -0.2) is 0 Å². The van der Waals surface area contributed by atoms with Crippen molar-refractivity contribution in [2.75, 3.05) is 33.5 Å². The van der Waals surface area contributed by atoms with Gasteiger partial charge in [-0.15, -0.1) is 0 Å². The Morgan fingerprint density at radius 1 is 0.729 bits per heavy atom. The predicted molar refractivity (Wildman–Crippen MR) is 182 cm³/mol. The maximum Gasteiger partial charge on any atom is 0.225 e. The number of hydrogen-bond acceptors (Lipinski definition) is 8. The van der Waals surface area contributed by atoms with E-state index >= 15 is 0 Å². The molecule has 0 spiro atoms. The molecule has 1 saturated heterocycles. The molecule has 254 valence electrons. The van der Waals surface area contributed by atoms with Crippen molar-refractivity contribution < 1.29 is 38.6 Å². The van der Waals surface area contributed by atoms with Gasteiger partial charge >= 0.3 is 0 Å². The van der Waals surface area contributed by atoms with Crippen molar-refractivity contribution in [2.45, 2.75) is 63.5 Å². The Morgan fingerprint density at radius 3 is 2.00 bits per heavy atom. The molecule has 2 aliphatic rings. The van der Waals surface area contributed by atoms with E-state index in [1.165, 1.54) is 5.56 Å². The van der Waals surface area contributed by atoms with E-state index in [9.17, 15) is 10.2 Å². The molecule has 2 heterocycles. The first-order valence-corrected chi connectivity index (χ1v) is 16.7. The topological polar surface area (TPSA) is 95.8 Å². The zero-order valence-corrected chi connectivity index (χ0v) is 28.0. The highest BCUT2D eigenvalue weighted by Crippen LogP contribution is 2.49. The standard InChI is InChI=1S/C40H46O8/c1-4-32-16-17-34(23-33(32)21-31-15-18-35-36(22-31)45-20-19-44-35)40(43-3)38(47-25-30-13-9-6-10-14-30)37(28(2)39(26-41,27-42)48-40)46-24-29-11-7-5-8-12-29/h5-18,22-23,28,37-38,41-42H,4,19-21,24-27H2,1-3H3/t28-,37-,38+,40?/m0/s1. The lowest BCUT2D eigenvalue weighted by Crippen LogP contribution is -2.69. The van der Waals surface area contributed by atoms with Gasteiger partial charge in [0.25, 0.3) is 0 Å². The highest BCUT2D eigenvalue weighted by atomic mass is 16.7. The molecule has 48 heavy (non-hydrogen) atoms. The fourth-order valence-corrected chi connectivity index (χ4v) is 6.87. The van der Waals surface area contributed by atoms with Gasteiger partial charge in [0.2, 0.25) is 5.79 Å². The molecule has 4 atom stereocenters. The summed E-state index contributed by atoms with van der Waals surface area (Å²) in [6.07, 6.45) is 0.0565. The summed E-state index contributed by atoms with van der Waals surface area (Å²) in [4.78, 5) is 0. The maximum atomic E-state index is 10.9. The fraction of sp³-hybridized carbons (Fsp3) is 0.400. The Balaban J connectivity index is 1.43. The van der Waals surface area contributed by atoms with Crippen LogP contribution in [0, 0.1) is 5.92 Å². The third-order valence-corrected chi connectivity index (χ3v) is 9.74. The van der Waals surface area contributed by atoms with Crippen molar-refractivity contribution in [3.05, 3.63) is 130 Å². The van der Waals surface area contributed by atoms with E-state index in [1.54, 1.807) is 7.11 Å². The number of hydrogen-bond donors (Lipinski definition) is 2. The van der Waals surface area contributed by atoms with Crippen LogP contribution < -0.4 is 9.47 Å². The van der Waals surface area contributed by atoms with Crippen LogP contribution in [0.15, 0.2) is 97.1 Å². The summed E-state index contributed by atoms with van der Waals surface area (Å²) in [5.41, 5.74) is 4.65. The summed E-state index contributed by atoms with van der Waals surface area (Å²) < 4.78 is 38.4. The van der Waals surface area contributed by atoms with E-state index in [1.807, 2.05) is 85.8 Å². The number of aliphatic hydroxyl groups excluding tert-OH is 2. The van der Waals surface area contributed by atoms with Gasteiger partial charge < -0.3 is 38.6 Å². The molecular formula is C40H46O8. The van der Waals surface area contributed by atoms with Crippen LogP contribution in [-0.2, 0) is 50.8 Å². The normalized spacial score (nSPS) is 23.1. The van der Waals surface area contributed by atoms with Crippen LogP contribution in [0.1, 0.15) is 47.2 Å². The number of methoxy groups -OCH3 is 1. The summed E-state index contributed by atoms with van der Waals surface area (Å²) in [6.45, 7) is 4.82. The van der Waals surface area contributed by atoms with E-state index < -0.39 is 42.7 Å². The molecule has 2 N–H and O–H groups in total. The van der Waals surface area contributed by atoms with Crippen molar-refractivity contribution in [1.29, 1.82) is 0 Å². The average Bonchev–Trinajstić information content (AvgIpc) is 3.14. The predicted octanol–water partition coefficient (Wildman–Crippen LogP) is 5.97. The molecule has 8 heteroatoms. The summed E-state index contributed by atoms with van der Waals surface area (Å²) in [7, 11) is 1.58. The largest absolute Gasteiger partial charge is 0.486 e. The molecule has 2 aliphatic heterocycles. The van der Waals surface area contributed by atoms with Crippen LogP contribution >= 0.6 is 0 Å². The number of benzene rings is 4. The summed E-state index contributed by atoms with van der Waals surface area (Å²) in [5, 5.41) is 21.7. The van der Waals surface area contributed by atoms with Gasteiger partial charge in [-0.1, -0.05) is 92.7 Å². The number of rotatable bonds is 13. The van der Waals surface area contributed by atoms with Gasteiger partial charge in [0.15, 0.2) is 11.5 Å². The molecule has 8 nitrogen and oxygen atoms in total. The molecule has 0 aliphatic carbocycles. The van der Waals surface area contributed by atoms with Crippen LogP contribution in [0.2, 0.25) is 0 Å². The molecule has 1 fully saturated rings. The van der Waals surface area contributed by atoms with Crippen LogP contribution in [0.3, 0.4) is 0 Å². The number of aliphatic hydroxyl groups is 2. The minimum Gasteiger partial charge on any atom is -0.486 e. The molecule has 0 bridgehead atoms. The third-order valence-electron chi connectivity index (χ3n) is 9.74. The molecule has 0 radical (unpaired) electrons. The summed E-state index contributed by atoms with van der Waals surface area (Å²) in [5.74, 6) is -0.509. The van der Waals surface area contributed by atoms with E-state index in [-0.39, 0.29) is 6.61 Å². The van der Waals surface area contributed by atoms with Gasteiger partial charge in [-0.2, -0.15) is 0 Å². The van der Waals surface area contributed by atoms with Crippen LogP contribution in [0.25, 0.3) is 0 Å². The molecule has 4 aromatic rings. The Morgan fingerprint density at radius 2 is 1.38 bits per heavy atom. The lowest BCUT2D eigenvalue weighted by molar-refractivity contribution is -0.404. The van der Waals surface area contributed by atoms with Crippen molar-refractivity contribution in [2.24, 2.45) is 5.92 Å². The second kappa shape index (κ2) is 15.2. The Hall–Kier alpha value is -3.76. The quantitative estimate of drug-likeness (QED) is 0.182. The van der Waals surface area contributed by atoms with Gasteiger partial charge in [0.1, 0.15) is 24.9 Å². The minimum atomic E-state index is -1.54. The van der Waals surface area contributed by atoms with E-state index in [4.69, 9.17) is 28.4 Å². The third kappa shape index (κ3) is 6.87. The molecule has 4 aromatic carbocycles. The smallest absolute Gasteiger partial charge is 0.225 e.